The van der Waals surface area contributed by atoms with Gasteiger partial charge < -0.3 is 0 Å². The van der Waals surface area contributed by atoms with E-state index < -0.39 is 0 Å². The summed E-state index contributed by atoms with van der Waals surface area (Å²) in [7, 11) is 3.59. The first-order chi connectivity index (χ1) is 47.4. The van der Waals surface area contributed by atoms with Crippen molar-refractivity contribution >= 4 is 0 Å². The highest BCUT2D eigenvalue weighted by Crippen LogP contribution is 2.64. The van der Waals surface area contributed by atoms with Crippen LogP contribution in [0.25, 0.3) is 0 Å². The van der Waals surface area contributed by atoms with E-state index in [1.54, 1.807) is 63.5 Å². The first kappa shape index (κ1) is 66.5. The van der Waals surface area contributed by atoms with Gasteiger partial charge in [0.1, 0.15) is 6.67 Å². The fourth-order valence-electron chi connectivity index (χ4n) is 22.6. The van der Waals surface area contributed by atoms with E-state index in [9.17, 15) is 4.91 Å². The lowest BCUT2D eigenvalue weighted by Crippen LogP contribution is -2.28. The van der Waals surface area contributed by atoms with Crippen LogP contribution < -0.4 is 0 Å². The Morgan fingerprint density at radius 3 is 0.583 bits per heavy atom. The standard InChI is InChI=1S/C90H104.C3H8N2O/c1-9-25-67(26-10-1)79-57-63-41-49-71(50-42-63)83-61-85(89(77-37-21-7-22-38-77)87(83)75-33-17-5-18-34-75)73-53-45-65(46-54-73)59-81(69-29-13-3-14-30-69)82(70-31-15-4-16-32-70)60-66-47-55-74(56-48-66)86-62-84(72-51-43-64(44-52-72)58-80(79)68-27-11-2-12-28-68)88(76-35-19-6-20-36-76)90(86)78-39-23-8-24-40-78;1-5(2)3-4-6/h1-40,63-66,71-74,79-90H,41-62H2;3H2,1-2H3. The van der Waals surface area contributed by atoms with Crippen LogP contribution in [-0.2, 0) is 0 Å². The van der Waals surface area contributed by atoms with Gasteiger partial charge >= 0.3 is 0 Å². The molecule has 0 aliphatic heterocycles. The summed E-state index contributed by atoms with van der Waals surface area (Å²) in [4.78, 5) is 11.0. The SMILES string of the molecule is CN(C)CN=O.c1ccc(C2CC3CCC(CC3)C3CC(C4CCC(CC4)CC(c4ccccc4)C(c4ccccc4)CC4CCC(CC4)C4CC(C5CCC(CC5)CC2c2ccccc2)C(c2ccccc2)C4c2ccccc2)C(c2ccccc2)C3c2ccccc2)cc1. The van der Waals surface area contributed by atoms with Crippen LogP contribution in [-0.4, -0.2) is 25.7 Å². The average molecular weight is 1270 g/mol. The highest BCUT2D eigenvalue weighted by molar-refractivity contribution is 5.37. The van der Waals surface area contributed by atoms with E-state index in [0.717, 1.165) is 71.0 Å². The van der Waals surface area contributed by atoms with Crippen LogP contribution in [0, 0.1) is 75.9 Å². The zero-order chi connectivity index (χ0) is 65.0. The van der Waals surface area contributed by atoms with Crippen LogP contribution in [0.5, 0.6) is 0 Å². The van der Waals surface area contributed by atoms with Crippen molar-refractivity contribution in [3.05, 3.63) is 292 Å². The quantitative estimate of drug-likeness (QED) is 0.128. The Labute approximate surface area is 579 Å². The maximum absolute atomic E-state index is 9.32. The summed E-state index contributed by atoms with van der Waals surface area (Å²) < 4.78 is 0. The van der Waals surface area contributed by atoms with Crippen LogP contribution in [0.2, 0.25) is 0 Å². The molecule has 13 aliphatic carbocycles. The molecule has 0 amide bonds. The summed E-state index contributed by atoms with van der Waals surface area (Å²) in [5.74, 6) is 13.5. The minimum atomic E-state index is 0.278. The zero-order valence-corrected chi connectivity index (χ0v) is 58.2. The van der Waals surface area contributed by atoms with Gasteiger partial charge in [0.05, 0.1) is 0 Å². The number of nitrogens with zero attached hydrogens (tertiary/aromatic N) is 2. The van der Waals surface area contributed by atoms with Gasteiger partial charge in [-0.15, -0.1) is 4.91 Å². The maximum atomic E-state index is 9.32. The lowest BCUT2D eigenvalue weighted by Gasteiger charge is -2.40. The van der Waals surface area contributed by atoms with E-state index in [1.165, 1.54) is 141 Å². The second kappa shape index (κ2) is 32.3. The van der Waals surface area contributed by atoms with Crippen LogP contribution >= 0.6 is 0 Å². The smallest absolute Gasteiger partial charge is 0.133 e. The van der Waals surface area contributed by atoms with Crippen LogP contribution in [0.15, 0.2) is 248 Å². The Balaban J connectivity index is 0.00000126. The monoisotopic (exact) mass is 1270 g/mol. The lowest BCUT2D eigenvalue weighted by atomic mass is 9.64. The Morgan fingerprint density at radius 2 is 0.427 bits per heavy atom. The molecule has 0 saturated heterocycles. The summed E-state index contributed by atoms with van der Waals surface area (Å²) in [6.07, 6.45) is 30.3. The van der Waals surface area contributed by atoms with E-state index in [4.69, 9.17) is 0 Å². The highest BCUT2D eigenvalue weighted by atomic mass is 16.3. The second-order valence-electron chi connectivity index (χ2n) is 32.4. The largest absolute Gasteiger partial charge is 0.288 e. The molecule has 21 rings (SSSR count). The molecule has 96 heavy (non-hydrogen) atoms. The number of hydrogen-bond donors (Lipinski definition) is 0. The fraction of sp³-hybridized carbons (Fsp3) is 0.484. The molecular weight excluding hydrogens is 1160 g/mol. The summed E-state index contributed by atoms with van der Waals surface area (Å²) in [5, 5.41) is 2.61. The minimum Gasteiger partial charge on any atom is -0.288 e. The van der Waals surface area contributed by atoms with Gasteiger partial charge in [-0.05, 0) is 267 Å². The summed E-state index contributed by atoms with van der Waals surface area (Å²) in [6, 6.07) is 96.4. The molecule has 0 radical (unpaired) electrons. The Hall–Kier alpha value is -6.68. The molecule has 3 heteroatoms. The Morgan fingerprint density at radius 1 is 0.250 bits per heavy atom. The normalized spacial score (nSPS) is 33.4. The van der Waals surface area contributed by atoms with E-state index in [0.29, 0.717) is 47.3 Å². The van der Waals surface area contributed by atoms with E-state index in [2.05, 4.69) is 248 Å². The third kappa shape index (κ3) is 15.6. The molecule has 12 atom stereocenters. The van der Waals surface area contributed by atoms with Gasteiger partial charge in [-0.1, -0.05) is 299 Å². The zero-order valence-electron chi connectivity index (χ0n) is 58.2. The van der Waals surface area contributed by atoms with Gasteiger partial charge in [-0.2, -0.15) is 0 Å². The van der Waals surface area contributed by atoms with Gasteiger partial charge in [0.2, 0.25) is 0 Å². The lowest BCUT2D eigenvalue weighted by molar-refractivity contribution is 0.149. The number of hydrogen-bond acceptors (Lipinski definition) is 3. The Bertz CT molecular complexity index is 3070. The van der Waals surface area contributed by atoms with Crippen molar-refractivity contribution in [2.24, 2.45) is 76.2 Å². The molecule has 13 fully saturated rings. The maximum Gasteiger partial charge on any atom is 0.133 e. The molecule has 13 aliphatic rings. The van der Waals surface area contributed by atoms with Crippen molar-refractivity contribution in [3.63, 3.8) is 0 Å². The van der Waals surface area contributed by atoms with Crippen molar-refractivity contribution in [1.82, 2.24) is 4.90 Å². The molecule has 0 heterocycles. The van der Waals surface area contributed by atoms with Crippen molar-refractivity contribution in [2.75, 3.05) is 20.8 Å². The van der Waals surface area contributed by atoms with Crippen molar-refractivity contribution < 1.29 is 0 Å². The molecule has 0 aromatic heterocycles. The second-order valence-corrected chi connectivity index (χ2v) is 32.4. The van der Waals surface area contributed by atoms with Gasteiger partial charge in [0.25, 0.3) is 0 Å². The molecule has 8 aromatic rings. The molecule has 0 spiro atoms. The summed E-state index contributed by atoms with van der Waals surface area (Å²) in [5.41, 5.74) is 12.8. The van der Waals surface area contributed by atoms with Crippen LogP contribution in [0.3, 0.4) is 0 Å². The summed E-state index contributed by atoms with van der Waals surface area (Å²) >= 11 is 0. The fourth-order valence-corrected chi connectivity index (χ4v) is 22.6. The number of nitroso groups, excluding NO2 is 1. The van der Waals surface area contributed by atoms with Crippen LogP contribution in [0.4, 0.5) is 0 Å². The van der Waals surface area contributed by atoms with Gasteiger partial charge in [-0.3, -0.25) is 4.90 Å². The van der Waals surface area contributed by atoms with Crippen molar-refractivity contribution in [1.29, 1.82) is 0 Å². The number of benzene rings is 8. The van der Waals surface area contributed by atoms with Gasteiger partial charge in [0.15, 0.2) is 0 Å². The molecule has 13 saturated carbocycles. The first-order valence-corrected chi connectivity index (χ1v) is 38.7. The number of rotatable bonds is 10. The van der Waals surface area contributed by atoms with E-state index in [1.807, 2.05) is 0 Å². The predicted octanol–water partition coefficient (Wildman–Crippen LogP) is 24.6. The molecular formula is C93H112N2O. The molecule has 500 valence electrons. The third-order valence-corrected chi connectivity index (χ3v) is 27.0. The van der Waals surface area contributed by atoms with Gasteiger partial charge in [-0.25, -0.2) is 0 Å². The first-order valence-electron chi connectivity index (χ1n) is 38.7. The minimum absolute atomic E-state index is 0.278. The van der Waals surface area contributed by atoms with Crippen LogP contribution in [0.1, 0.15) is 233 Å². The average Bonchev–Trinajstić information content (AvgIpc) is 1.60. The molecule has 0 N–H and O–H groups in total. The Kier molecular flexibility index (Phi) is 22.4. The molecule has 3 nitrogen and oxygen atoms in total. The predicted molar refractivity (Wildman–Crippen MR) is 401 cm³/mol. The van der Waals surface area contributed by atoms with Crippen molar-refractivity contribution in [3.8, 4) is 0 Å². The third-order valence-electron chi connectivity index (χ3n) is 27.0. The van der Waals surface area contributed by atoms with Gasteiger partial charge in [0, 0.05) is 0 Å². The highest BCUT2D eigenvalue weighted by Gasteiger charge is 2.53. The molecule has 12 unspecified atom stereocenters. The topological polar surface area (TPSA) is 32.7 Å². The molecule has 8 aromatic carbocycles. The van der Waals surface area contributed by atoms with Crippen molar-refractivity contribution in [2.45, 2.75) is 189 Å². The summed E-state index contributed by atoms with van der Waals surface area (Å²) in [6.45, 7) is 0.278. The molecule has 12 bridgehead atoms. The van der Waals surface area contributed by atoms with E-state index in [-0.39, 0.29) is 6.67 Å². The van der Waals surface area contributed by atoms with E-state index >= 15 is 0 Å².